The summed E-state index contributed by atoms with van der Waals surface area (Å²) in [6.07, 6.45) is 0.983. The van der Waals surface area contributed by atoms with Crippen LogP contribution in [0.5, 0.6) is 5.75 Å². The van der Waals surface area contributed by atoms with Gasteiger partial charge in [-0.2, -0.15) is 0 Å². The van der Waals surface area contributed by atoms with Crippen molar-refractivity contribution >= 4 is 21.6 Å². The number of nitrogens with one attached hydrogen (secondary N) is 1. The van der Waals surface area contributed by atoms with Gasteiger partial charge in [-0.05, 0) is 43.2 Å². The van der Waals surface area contributed by atoms with Crippen molar-refractivity contribution in [1.82, 2.24) is 0 Å². The van der Waals surface area contributed by atoms with Crippen molar-refractivity contribution in [3.8, 4) is 5.75 Å². The number of rotatable bonds is 6. The summed E-state index contributed by atoms with van der Waals surface area (Å²) < 4.78 is 19.5. The lowest BCUT2D eigenvalue weighted by molar-refractivity contribution is 0.317. The molecule has 0 aliphatic rings. The van der Waals surface area contributed by atoms with E-state index >= 15 is 0 Å². The normalized spacial score (nSPS) is 12.0. The molecule has 1 unspecified atom stereocenters. The summed E-state index contributed by atoms with van der Waals surface area (Å²) in [6, 6.07) is 12.7. The van der Waals surface area contributed by atoms with Crippen molar-refractivity contribution in [3.05, 3.63) is 58.3 Å². The van der Waals surface area contributed by atoms with Gasteiger partial charge in [0.15, 0.2) is 0 Å². The molecule has 0 bridgehead atoms. The molecule has 0 spiro atoms. The predicted molar refractivity (Wildman–Crippen MR) is 88.4 cm³/mol. The summed E-state index contributed by atoms with van der Waals surface area (Å²) in [5, 5.41) is 3.40. The summed E-state index contributed by atoms with van der Waals surface area (Å²) in [5.74, 6) is 0.611. The van der Waals surface area contributed by atoms with Gasteiger partial charge >= 0.3 is 0 Å². The van der Waals surface area contributed by atoms with Crippen LogP contribution < -0.4 is 10.1 Å². The lowest BCUT2D eigenvalue weighted by Crippen LogP contribution is -2.07. The quantitative estimate of drug-likeness (QED) is 0.736. The third-order valence-corrected chi connectivity index (χ3v) is 3.81. The van der Waals surface area contributed by atoms with Crippen LogP contribution in [0.3, 0.4) is 0 Å². The molecule has 0 saturated carbocycles. The van der Waals surface area contributed by atoms with E-state index in [-0.39, 0.29) is 11.9 Å². The maximum absolute atomic E-state index is 13.1. The second-order valence-corrected chi connectivity index (χ2v) is 5.76. The summed E-state index contributed by atoms with van der Waals surface area (Å²) in [5.41, 5.74) is 1.99. The van der Waals surface area contributed by atoms with Gasteiger partial charge in [0.05, 0.1) is 6.61 Å². The van der Waals surface area contributed by atoms with Crippen LogP contribution >= 0.6 is 15.9 Å². The largest absolute Gasteiger partial charge is 0.494 e. The first-order valence-corrected chi connectivity index (χ1v) is 7.83. The molecule has 0 aromatic heterocycles. The van der Waals surface area contributed by atoms with E-state index in [9.17, 15) is 4.39 Å². The summed E-state index contributed by atoms with van der Waals surface area (Å²) in [7, 11) is 0. The first-order valence-electron chi connectivity index (χ1n) is 7.04. The fourth-order valence-electron chi connectivity index (χ4n) is 2.08. The molecule has 1 N–H and O–H groups in total. The second-order valence-electron chi connectivity index (χ2n) is 4.91. The zero-order valence-corrected chi connectivity index (χ0v) is 13.8. The third kappa shape index (κ3) is 4.46. The van der Waals surface area contributed by atoms with Crippen molar-refractivity contribution in [2.24, 2.45) is 0 Å². The Balaban J connectivity index is 2.10. The molecule has 112 valence electrons. The number of halogens is 2. The average molecular weight is 352 g/mol. The molecule has 0 fully saturated rings. The van der Waals surface area contributed by atoms with Gasteiger partial charge in [-0.3, -0.25) is 0 Å². The Bertz CT molecular complexity index is 603. The highest BCUT2D eigenvalue weighted by atomic mass is 79.9. The third-order valence-electron chi connectivity index (χ3n) is 3.12. The fraction of sp³-hybridized carbons (Fsp3) is 0.294. The van der Waals surface area contributed by atoms with Gasteiger partial charge in [0, 0.05) is 22.3 Å². The van der Waals surface area contributed by atoms with Crippen LogP contribution in [-0.4, -0.2) is 6.61 Å². The van der Waals surface area contributed by atoms with E-state index in [0.29, 0.717) is 6.61 Å². The molecule has 0 radical (unpaired) electrons. The van der Waals surface area contributed by atoms with Crippen molar-refractivity contribution in [1.29, 1.82) is 0 Å². The average Bonchev–Trinajstić information content (AvgIpc) is 2.45. The number of benzene rings is 2. The lowest BCUT2D eigenvalue weighted by Gasteiger charge is -2.18. The lowest BCUT2D eigenvalue weighted by atomic mass is 10.1. The van der Waals surface area contributed by atoms with E-state index in [1.807, 2.05) is 31.2 Å². The van der Waals surface area contributed by atoms with Crippen LogP contribution in [0.25, 0.3) is 0 Å². The molecule has 0 heterocycles. The van der Waals surface area contributed by atoms with E-state index in [1.54, 1.807) is 6.07 Å². The van der Waals surface area contributed by atoms with Crippen molar-refractivity contribution < 1.29 is 9.13 Å². The highest BCUT2D eigenvalue weighted by molar-refractivity contribution is 9.10. The monoisotopic (exact) mass is 351 g/mol. The molecule has 2 aromatic rings. The SMILES string of the molecule is CCCOc1cccc(NC(C)c2ccc(F)cc2Br)c1. The molecule has 2 aromatic carbocycles. The topological polar surface area (TPSA) is 21.3 Å². The minimum Gasteiger partial charge on any atom is -0.494 e. The van der Waals surface area contributed by atoms with Crippen LogP contribution in [0.2, 0.25) is 0 Å². The minimum absolute atomic E-state index is 0.0569. The first-order chi connectivity index (χ1) is 10.1. The number of hydrogen-bond acceptors (Lipinski definition) is 2. The molecule has 2 nitrogen and oxygen atoms in total. The molecule has 0 aliphatic heterocycles. The van der Waals surface area contributed by atoms with Gasteiger partial charge in [-0.1, -0.05) is 35.0 Å². The van der Waals surface area contributed by atoms with Gasteiger partial charge in [-0.15, -0.1) is 0 Å². The van der Waals surface area contributed by atoms with Crippen molar-refractivity contribution in [2.75, 3.05) is 11.9 Å². The van der Waals surface area contributed by atoms with E-state index in [0.717, 1.165) is 27.9 Å². The number of ether oxygens (including phenoxy) is 1. The van der Waals surface area contributed by atoms with Crippen LogP contribution in [0, 0.1) is 5.82 Å². The fourth-order valence-corrected chi connectivity index (χ4v) is 2.77. The molecular formula is C17H19BrFNO. The smallest absolute Gasteiger partial charge is 0.124 e. The van der Waals surface area contributed by atoms with Gasteiger partial charge in [0.25, 0.3) is 0 Å². The van der Waals surface area contributed by atoms with Gasteiger partial charge in [0.2, 0.25) is 0 Å². The number of hydrogen-bond donors (Lipinski definition) is 1. The zero-order chi connectivity index (χ0) is 15.2. The maximum Gasteiger partial charge on any atom is 0.124 e. The Morgan fingerprint density at radius 1 is 1.24 bits per heavy atom. The highest BCUT2D eigenvalue weighted by Gasteiger charge is 2.10. The molecule has 0 saturated heterocycles. The Labute approximate surface area is 133 Å². The van der Waals surface area contributed by atoms with Crippen molar-refractivity contribution in [3.63, 3.8) is 0 Å². The Morgan fingerprint density at radius 3 is 2.76 bits per heavy atom. The molecule has 2 rings (SSSR count). The van der Waals surface area contributed by atoms with Crippen LogP contribution in [-0.2, 0) is 0 Å². The Hall–Kier alpha value is -1.55. The number of anilines is 1. The molecule has 0 aliphatic carbocycles. The second kappa shape index (κ2) is 7.46. The van der Waals surface area contributed by atoms with Gasteiger partial charge < -0.3 is 10.1 Å². The summed E-state index contributed by atoms with van der Waals surface area (Å²) in [6.45, 7) is 4.83. The van der Waals surface area contributed by atoms with Crippen LogP contribution in [0.15, 0.2) is 46.9 Å². The van der Waals surface area contributed by atoms with E-state index in [2.05, 4.69) is 28.2 Å². The maximum atomic E-state index is 13.1. The van der Waals surface area contributed by atoms with Crippen molar-refractivity contribution in [2.45, 2.75) is 26.3 Å². The zero-order valence-electron chi connectivity index (χ0n) is 12.2. The Morgan fingerprint density at radius 2 is 2.05 bits per heavy atom. The molecule has 21 heavy (non-hydrogen) atoms. The summed E-state index contributed by atoms with van der Waals surface area (Å²) >= 11 is 3.41. The summed E-state index contributed by atoms with van der Waals surface area (Å²) in [4.78, 5) is 0. The van der Waals surface area contributed by atoms with E-state index in [4.69, 9.17) is 4.74 Å². The van der Waals surface area contributed by atoms with Crippen LogP contribution in [0.1, 0.15) is 31.9 Å². The van der Waals surface area contributed by atoms with Gasteiger partial charge in [-0.25, -0.2) is 4.39 Å². The molecule has 1 atom stereocenters. The Kier molecular flexibility index (Phi) is 5.62. The molecular weight excluding hydrogens is 333 g/mol. The van der Waals surface area contributed by atoms with Crippen LogP contribution in [0.4, 0.5) is 10.1 Å². The molecule has 0 amide bonds. The predicted octanol–water partition coefficient (Wildman–Crippen LogP) is 5.55. The minimum atomic E-state index is -0.243. The van der Waals surface area contributed by atoms with E-state index in [1.165, 1.54) is 12.1 Å². The van der Waals surface area contributed by atoms with E-state index < -0.39 is 0 Å². The molecule has 4 heteroatoms. The standard InChI is InChI=1S/C17H19BrFNO/c1-3-9-21-15-6-4-5-14(11-15)20-12(2)16-8-7-13(19)10-17(16)18/h4-8,10-12,20H,3,9H2,1-2H3. The van der Waals surface area contributed by atoms with Gasteiger partial charge in [0.1, 0.15) is 11.6 Å². The first kappa shape index (κ1) is 15.8. The highest BCUT2D eigenvalue weighted by Crippen LogP contribution is 2.28.